The highest BCUT2D eigenvalue weighted by molar-refractivity contribution is 5.28. The van der Waals surface area contributed by atoms with Crippen molar-refractivity contribution in [2.75, 3.05) is 7.11 Å². The van der Waals surface area contributed by atoms with Gasteiger partial charge in [0.25, 0.3) is 0 Å². The Balaban J connectivity index is 1.80. The minimum Gasteiger partial charge on any atom is -0.497 e. The highest BCUT2D eigenvalue weighted by Gasteiger charge is 2.06. The summed E-state index contributed by atoms with van der Waals surface area (Å²) in [6.45, 7) is 2.66. The number of ether oxygens (including phenoxy) is 1. The Morgan fingerprint density at radius 3 is 2.57 bits per heavy atom. The molecule has 0 saturated carbocycles. The smallest absolute Gasteiger partial charge is 0.131 e. The molecular formula is C18H22FNO. The van der Waals surface area contributed by atoms with Crippen LogP contribution in [0.15, 0.2) is 48.5 Å². The van der Waals surface area contributed by atoms with Gasteiger partial charge in [0, 0.05) is 24.2 Å². The van der Waals surface area contributed by atoms with E-state index in [2.05, 4.69) is 36.5 Å². The first kappa shape index (κ1) is 15.5. The van der Waals surface area contributed by atoms with Crippen molar-refractivity contribution in [3.05, 3.63) is 65.5 Å². The number of benzene rings is 2. The molecule has 2 aromatic rings. The van der Waals surface area contributed by atoms with Crippen LogP contribution < -0.4 is 10.1 Å². The minimum absolute atomic E-state index is 0.225. The van der Waals surface area contributed by atoms with Crippen LogP contribution in [0.4, 0.5) is 4.39 Å². The van der Waals surface area contributed by atoms with E-state index in [1.807, 2.05) is 6.07 Å². The minimum atomic E-state index is -0.225. The topological polar surface area (TPSA) is 21.3 Å². The molecule has 112 valence electrons. The van der Waals surface area contributed by atoms with Crippen LogP contribution in [-0.2, 0) is 13.0 Å². The SMILES string of the molecule is COc1ccc(CNC(C)CCc2ccccc2)c(F)c1. The van der Waals surface area contributed by atoms with Crippen LogP contribution in [-0.4, -0.2) is 13.2 Å². The van der Waals surface area contributed by atoms with Gasteiger partial charge in [-0.15, -0.1) is 0 Å². The lowest BCUT2D eigenvalue weighted by Crippen LogP contribution is -2.26. The van der Waals surface area contributed by atoms with Crippen molar-refractivity contribution in [2.24, 2.45) is 0 Å². The molecule has 0 saturated heterocycles. The summed E-state index contributed by atoms with van der Waals surface area (Å²) in [6, 6.07) is 15.7. The van der Waals surface area contributed by atoms with E-state index < -0.39 is 0 Å². The lowest BCUT2D eigenvalue weighted by molar-refractivity contribution is 0.410. The van der Waals surface area contributed by atoms with Gasteiger partial charge in [0.15, 0.2) is 0 Å². The van der Waals surface area contributed by atoms with E-state index in [0.29, 0.717) is 23.9 Å². The van der Waals surface area contributed by atoms with Crippen LogP contribution in [0.2, 0.25) is 0 Å². The number of hydrogen-bond donors (Lipinski definition) is 1. The van der Waals surface area contributed by atoms with Gasteiger partial charge in [0.2, 0.25) is 0 Å². The Morgan fingerprint density at radius 1 is 1.14 bits per heavy atom. The van der Waals surface area contributed by atoms with Gasteiger partial charge in [0.1, 0.15) is 11.6 Å². The molecule has 3 heteroatoms. The van der Waals surface area contributed by atoms with Crippen LogP contribution in [0.1, 0.15) is 24.5 Å². The maximum atomic E-state index is 13.8. The van der Waals surface area contributed by atoms with Gasteiger partial charge < -0.3 is 10.1 Å². The normalized spacial score (nSPS) is 12.1. The highest BCUT2D eigenvalue weighted by atomic mass is 19.1. The molecule has 1 atom stereocenters. The zero-order valence-electron chi connectivity index (χ0n) is 12.6. The van der Waals surface area contributed by atoms with Crippen LogP contribution in [0.25, 0.3) is 0 Å². The molecule has 1 N–H and O–H groups in total. The van der Waals surface area contributed by atoms with Gasteiger partial charge in [-0.25, -0.2) is 4.39 Å². The number of halogens is 1. The largest absolute Gasteiger partial charge is 0.497 e. The Hall–Kier alpha value is -1.87. The van der Waals surface area contributed by atoms with E-state index in [1.165, 1.54) is 11.6 Å². The summed E-state index contributed by atoms with van der Waals surface area (Å²) in [4.78, 5) is 0. The quantitative estimate of drug-likeness (QED) is 0.832. The number of rotatable bonds is 7. The molecule has 1 unspecified atom stereocenters. The Kier molecular flexibility index (Phi) is 5.76. The zero-order valence-corrected chi connectivity index (χ0v) is 12.6. The molecule has 0 spiro atoms. The summed E-state index contributed by atoms with van der Waals surface area (Å²) in [7, 11) is 1.54. The Bertz CT molecular complexity index is 556. The van der Waals surface area contributed by atoms with Crippen LogP contribution in [0, 0.1) is 5.82 Å². The molecule has 0 aliphatic heterocycles. The first-order valence-corrected chi connectivity index (χ1v) is 7.29. The maximum absolute atomic E-state index is 13.8. The summed E-state index contributed by atoms with van der Waals surface area (Å²) < 4.78 is 18.8. The second kappa shape index (κ2) is 7.79. The number of methoxy groups -OCH3 is 1. The third-order valence-corrected chi connectivity index (χ3v) is 3.61. The molecule has 0 fully saturated rings. The highest BCUT2D eigenvalue weighted by Crippen LogP contribution is 2.16. The van der Waals surface area contributed by atoms with E-state index in [1.54, 1.807) is 19.2 Å². The molecule has 0 aliphatic carbocycles. The second-order valence-corrected chi connectivity index (χ2v) is 5.26. The fraction of sp³-hybridized carbons (Fsp3) is 0.333. The number of nitrogens with one attached hydrogen (secondary N) is 1. The lowest BCUT2D eigenvalue weighted by Gasteiger charge is -2.14. The second-order valence-electron chi connectivity index (χ2n) is 5.26. The van der Waals surface area contributed by atoms with Crippen molar-refractivity contribution in [3.63, 3.8) is 0 Å². The van der Waals surface area contributed by atoms with Crippen molar-refractivity contribution in [1.82, 2.24) is 5.32 Å². The van der Waals surface area contributed by atoms with Crippen LogP contribution >= 0.6 is 0 Å². The first-order chi connectivity index (χ1) is 10.2. The van der Waals surface area contributed by atoms with Crippen LogP contribution in [0.3, 0.4) is 0 Å². The van der Waals surface area contributed by atoms with Gasteiger partial charge in [-0.2, -0.15) is 0 Å². The molecule has 0 aromatic heterocycles. The van der Waals surface area contributed by atoms with E-state index >= 15 is 0 Å². The summed E-state index contributed by atoms with van der Waals surface area (Å²) in [6.07, 6.45) is 2.06. The van der Waals surface area contributed by atoms with Gasteiger partial charge in [0.05, 0.1) is 7.11 Å². The molecule has 0 amide bonds. The van der Waals surface area contributed by atoms with Gasteiger partial charge >= 0.3 is 0 Å². The Morgan fingerprint density at radius 2 is 1.90 bits per heavy atom. The van der Waals surface area contributed by atoms with Gasteiger partial charge in [-0.3, -0.25) is 0 Å². The third kappa shape index (κ3) is 4.87. The average Bonchev–Trinajstić information content (AvgIpc) is 2.52. The van der Waals surface area contributed by atoms with Gasteiger partial charge in [-0.1, -0.05) is 36.4 Å². The van der Waals surface area contributed by atoms with Crippen molar-refractivity contribution in [2.45, 2.75) is 32.4 Å². The Labute approximate surface area is 126 Å². The van der Waals surface area contributed by atoms with Crippen LogP contribution in [0.5, 0.6) is 5.75 Å². The summed E-state index contributed by atoms with van der Waals surface area (Å²) in [5, 5.41) is 3.37. The predicted octanol–water partition coefficient (Wildman–Crippen LogP) is 3.95. The van der Waals surface area contributed by atoms with Crippen molar-refractivity contribution in [3.8, 4) is 5.75 Å². The van der Waals surface area contributed by atoms with E-state index in [0.717, 1.165) is 12.8 Å². The molecule has 0 radical (unpaired) electrons. The molecule has 0 aliphatic rings. The predicted molar refractivity (Wildman–Crippen MR) is 84.0 cm³/mol. The fourth-order valence-corrected chi connectivity index (χ4v) is 2.21. The summed E-state index contributed by atoms with van der Waals surface area (Å²) >= 11 is 0. The third-order valence-electron chi connectivity index (χ3n) is 3.61. The molecule has 2 aromatic carbocycles. The molecule has 0 bridgehead atoms. The maximum Gasteiger partial charge on any atom is 0.131 e. The number of aryl methyl sites for hydroxylation is 1. The van der Waals surface area contributed by atoms with E-state index in [9.17, 15) is 4.39 Å². The first-order valence-electron chi connectivity index (χ1n) is 7.29. The van der Waals surface area contributed by atoms with Gasteiger partial charge in [-0.05, 0) is 31.4 Å². The molecular weight excluding hydrogens is 265 g/mol. The number of hydrogen-bond acceptors (Lipinski definition) is 2. The molecule has 0 heterocycles. The lowest BCUT2D eigenvalue weighted by atomic mass is 10.1. The molecule has 21 heavy (non-hydrogen) atoms. The summed E-state index contributed by atoms with van der Waals surface area (Å²) in [5.41, 5.74) is 2.00. The van der Waals surface area contributed by atoms with Crippen molar-refractivity contribution >= 4 is 0 Å². The van der Waals surface area contributed by atoms with E-state index in [4.69, 9.17) is 4.74 Å². The fourth-order valence-electron chi connectivity index (χ4n) is 2.21. The molecule has 2 nitrogen and oxygen atoms in total. The monoisotopic (exact) mass is 287 g/mol. The van der Waals surface area contributed by atoms with Crippen molar-refractivity contribution < 1.29 is 9.13 Å². The van der Waals surface area contributed by atoms with Crippen molar-refractivity contribution in [1.29, 1.82) is 0 Å². The zero-order chi connectivity index (χ0) is 15.1. The van der Waals surface area contributed by atoms with E-state index in [-0.39, 0.29) is 5.82 Å². The summed E-state index contributed by atoms with van der Waals surface area (Å²) in [5.74, 6) is 0.325. The standard InChI is InChI=1S/C18H22FNO/c1-14(8-9-15-6-4-3-5-7-15)20-13-16-10-11-17(21-2)12-18(16)19/h3-7,10-12,14,20H,8-9,13H2,1-2H3. The molecule has 2 rings (SSSR count). The average molecular weight is 287 g/mol.